The molecular weight excluding hydrogens is 348 g/mol. The number of rotatable bonds is 6. The third-order valence-corrected chi connectivity index (χ3v) is 5.22. The molecule has 0 saturated carbocycles. The number of carbonyl (C=O) groups excluding carboxylic acids is 1. The van der Waals surface area contributed by atoms with Crippen LogP contribution in [0.15, 0.2) is 47.3 Å². The Morgan fingerprint density at radius 1 is 1.23 bits per heavy atom. The molecule has 2 aromatic carbocycles. The molecule has 0 aliphatic heterocycles. The van der Waals surface area contributed by atoms with Crippen molar-refractivity contribution < 1.29 is 9.53 Å². The Bertz CT molecular complexity index is 990. The zero-order valence-electron chi connectivity index (χ0n) is 15.1. The highest BCUT2D eigenvalue weighted by atomic mass is 32.1. The van der Waals surface area contributed by atoms with E-state index in [1.807, 2.05) is 49.4 Å². The molecule has 26 heavy (non-hydrogen) atoms. The second kappa shape index (κ2) is 7.74. The second-order valence-corrected chi connectivity index (χ2v) is 7.00. The summed E-state index contributed by atoms with van der Waals surface area (Å²) in [5, 5.41) is 2.87. The minimum absolute atomic E-state index is 0.0128. The monoisotopic (exact) mass is 370 g/mol. The van der Waals surface area contributed by atoms with Crippen LogP contribution in [0.25, 0.3) is 10.2 Å². The lowest BCUT2D eigenvalue weighted by atomic mass is 10.1. The van der Waals surface area contributed by atoms with Gasteiger partial charge in [0.1, 0.15) is 5.75 Å². The first kappa shape index (κ1) is 18.2. The molecule has 1 heterocycles. The number of para-hydroxylation sites is 1. The van der Waals surface area contributed by atoms with E-state index >= 15 is 0 Å². The fourth-order valence-corrected chi connectivity index (χ4v) is 3.84. The Morgan fingerprint density at radius 3 is 2.73 bits per heavy atom. The van der Waals surface area contributed by atoms with Crippen LogP contribution in [0.2, 0.25) is 0 Å². The molecule has 0 unspecified atom stereocenters. The van der Waals surface area contributed by atoms with Gasteiger partial charge in [0.05, 0.1) is 10.2 Å². The summed E-state index contributed by atoms with van der Waals surface area (Å²) in [6.45, 7) is 6.35. The van der Waals surface area contributed by atoms with Crippen molar-refractivity contribution >= 4 is 33.1 Å². The Morgan fingerprint density at radius 2 is 2.00 bits per heavy atom. The number of hydrogen-bond acceptors (Lipinski definition) is 4. The van der Waals surface area contributed by atoms with Gasteiger partial charge in [0.2, 0.25) is 0 Å². The van der Waals surface area contributed by atoms with Crippen molar-refractivity contribution in [2.45, 2.75) is 39.8 Å². The Kier molecular flexibility index (Phi) is 5.42. The van der Waals surface area contributed by atoms with Gasteiger partial charge in [-0.2, -0.15) is 0 Å². The minimum atomic E-state index is -0.627. The number of fused-ring (bicyclic) bond motifs is 1. The number of nitrogens with zero attached hydrogens (tertiary/aromatic N) is 1. The largest absolute Gasteiger partial charge is 0.481 e. The number of aryl methyl sites for hydroxylation is 2. The number of nitrogens with one attached hydrogen (secondary N) is 1. The van der Waals surface area contributed by atoms with Crippen molar-refractivity contribution in [1.82, 2.24) is 4.57 Å². The summed E-state index contributed by atoms with van der Waals surface area (Å²) in [4.78, 5) is 24.4. The molecule has 136 valence electrons. The highest BCUT2D eigenvalue weighted by molar-refractivity contribution is 7.16. The van der Waals surface area contributed by atoms with Gasteiger partial charge in [0.25, 0.3) is 5.91 Å². The fourth-order valence-electron chi connectivity index (χ4n) is 2.84. The van der Waals surface area contributed by atoms with Gasteiger partial charge < -0.3 is 10.1 Å². The number of thiazole rings is 1. The van der Waals surface area contributed by atoms with Crippen molar-refractivity contribution in [3.05, 3.63) is 57.7 Å². The zero-order chi connectivity index (χ0) is 18.7. The van der Waals surface area contributed by atoms with E-state index in [0.29, 0.717) is 12.2 Å². The summed E-state index contributed by atoms with van der Waals surface area (Å²) in [5.74, 6) is 0.504. The summed E-state index contributed by atoms with van der Waals surface area (Å²) in [5.41, 5.74) is 2.62. The SMILES string of the molecule is CCc1ccccc1O[C@H](C)C(=O)Nc1ccc2c(c1)sc(=O)n2CC. The first-order chi connectivity index (χ1) is 12.5. The van der Waals surface area contributed by atoms with Crippen molar-refractivity contribution in [2.75, 3.05) is 5.32 Å². The van der Waals surface area contributed by atoms with Crippen LogP contribution in [0.4, 0.5) is 5.69 Å². The van der Waals surface area contributed by atoms with Crippen molar-refractivity contribution in [1.29, 1.82) is 0 Å². The van der Waals surface area contributed by atoms with Gasteiger partial charge in [0.15, 0.2) is 6.10 Å². The normalized spacial score (nSPS) is 12.1. The molecule has 1 N–H and O–H groups in total. The average molecular weight is 370 g/mol. The highest BCUT2D eigenvalue weighted by Gasteiger charge is 2.17. The van der Waals surface area contributed by atoms with Gasteiger partial charge in [-0.15, -0.1) is 0 Å². The summed E-state index contributed by atoms with van der Waals surface area (Å²) >= 11 is 1.19. The molecule has 3 rings (SSSR count). The number of benzene rings is 2. The minimum Gasteiger partial charge on any atom is -0.481 e. The first-order valence-electron chi connectivity index (χ1n) is 8.72. The van der Waals surface area contributed by atoms with E-state index in [2.05, 4.69) is 12.2 Å². The maximum absolute atomic E-state index is 12.5. The fraction of sp³-hybridized carbons (Fsp3) is 0.300. The third kappa shape index (κ3) is 3.65. The lowest BCUT2D eigenvalue weighted by molar-refractivity contribution is -0.122. The van der Waals surface area contributed by atoms with Crippen LogP contribution in [-0.2, 0) is 17.8 Å². The molecular formula is C20H22N2O3S. The highest BCUT2D eigenvalue weighted by Crippen LogP contribution is 2.23. The number of hydrogen-bond donors (Lipinski definition) is 1. The third-order valence-electron chi connectivity index (χ3n) is 4.28. The summed E-state index contributed by atoms with van der Waals surface area (Å²) in [7, 11) is 0. The molecule has 0 aliphatic carbocycles. The lowest BCUT2D eigenvalue weighted by Gasteiger charge is -2.17. The summed E-state index contributed by atoms with van der Waals surface area (Å²) in [6.07, 6.45) is 0.214. The molecule has 0 spiro atoms. The summed E-state index contributed by atoms with van der Waals surface area (Å²) in [6, 6.07) is 13.2. The standard InChI is InChI=1S/C20H22N2O3S/c1-4-14-8-6-7-9-17(14)25-13(3)19(23)21-15-10-11-16-18(12-15)26-20(24)22(16)5-2/h6-13H,4-5H2,1-3H3,(H,21,23)/t13-/m1/s1. The van der Waals surface area contributed by atoms with Gasteiger partial charge in [-0.25, -0.2) is 0 Å². The Hall–Kier alpha value is -2.60. The van der Waals surface area contributed by atoms with E-state index < -0.39 is 6.10 Å². The van der Waals surface area contributed by atoms with Crippen molar-refractivity contribution in [3.8, 4) is 5.75 Å². The van der Waals surface area contributed by atoms with E-state index in [1.165, 1.54) is 11.3 Å². The predicted octanol–water partition coefficient (Wildman–Crippen LogP) is 4.05. The molecule has 0 radical (unpaired) electrons. The van der Waals surface area contributed by atoms with E-state index in [9.17, 15) is 9.59 Å². The van der Waals surface area contributed by atoms with E-state index in [1.54, 1.807) is 11.5 Å². The van der Waals surface area contributed by atoms with Crippen LogP contribution in [0.1, 0.15) is 26.3 Å². The Labute approximate surface area is 156 Å². The first-order valence-corrected chi connectivity index (χ1v) is 9.54. The number of amides is 1. The van der Waals surface area contributed by atoms with Crippen LogP contribution < -0.4 is 14.9 Å². The number of anilines is 1. The molecule has 1 atom stereocenters. The number of aromatic nitrogens is 1. The van der Waals surface area contributed by atoms with E-state index in [4.69, 9.17) is 4.74 Å². The van der Waals surface area contributed by atoms with Crippen LogP contribution in [-0.4, -0.2) is 16.6 Å². The van der Waals surface area contributed by atoms with E-state index in [0.717, 1.165) is 28.0 Å². The van der Waals surface area contributed by atoms with Crippen molar-refractivity contribution in [2.24, 2.45) is 0 Å². The zero-order valence-corrected chi connectivity index (χ0v) is 15.9. The predicted molar refractivity (Wildman–Crippen MR) is 106 cm³/mol. The average Bonchev–Trinajstić information content (AvgIpc) is 2.96. The van der Waals surface area contributed by atoms with Crippen LogP contribution in [0.5, 0.6) is 5.75 Å². The van der Waals surface area contributed by atoms with Crippen LogP contribution >= 0.6 is 11.3 Å². The smallest absolute Gasteiger partial charge is 0.308 e. The topological polar surface area (TPSA) is 60.3 Å². The number of ether oxygens (including phenoxy) is 1. The maximum atomic E-state index is 12.5. The van der Waals surface area contributed by atoms with Crippen LogP contribution in [0, 0.1) is 0 Å². The quantitative estimate of drug-likeness (QED) is 0.712. The molecule has 1 aromatic heterocycles. The summed E-state index contributed by atoms with van der Waals surface area (Å²) < 4.78 is 8.42. The molecule has 0 fully saturated rings. The molecule has 3 aromatic rings. The van der Waals surface area contributed by atoms with Gasteiger partial charge in [-0.05, 0) is 50.1 Å². The van der Waals surface area contributed by atoms with Gasteiger partial charge in [-0.3, -0.25) is 14.2 Å². The van der Waals surface area contributed by atoms with Gasteiger partial charge in [-0.1, -0.05) is 36.5 Å². The molecule has 0 saturated heterocycles. The molecule has 0 aliphatic rings. The van der Waals surface area contributed by atoms with Crippen LogP contribution in [0.3, 0.4) is 0 Å². The molecule has 5 nitrogen and oxygen atoms in total. The van der Waals surface area contributed by atoms with Crippen molar-refractivity contribution in [3.63, 3.8) is 0 Å². The Balaban J connectivity index is 1.74. The lowest BCUT2D eigenvalue weighted by Crippen LogP contribution is -2.30. The molecule has 6 heteroatoms. The van der Waals surface area contributed by atoms with Gasteiger partial charge >= 0.3 is 4.87 Å². The maximum Gasteiger partial charge on any atom is 0.308 e. The van der Waals surface area contributed by atoms with E-state index in [-0.39, 0.29) is 10.8 Å². The second-order valence-electron chi connectivity index (χ2n) is 6.01. The molecule has 0 bridgehead atoms. The number of carbonyl (C=O) groups is 1. The van der Waals surface area contributed by atoms with Gasteiger partial charge in [0, 0.05) is 12.2 Å². The molecule has 1 amide bonds.